The highest BCUT2D eigenvalue weighted by Gasteiger charge is 2.28. The van der Waals surface area contributed by atoms with Crippen LogP contribution in [0.4, 0.5) is 0 Å². The van der Waals surface area contributed by atoms with Gasteiger partial charge in [-0.2, -0.15) is 0 Å². The van der Waals surface area contributed by atoms with E-state index in [1.54, 1.807) is 18.3 Å². The molecule has 1 fully saturated rings. The quantitative estimate of drug-likeness (QED) is 0.642. The highest BCUT2D eigenvalue weighted by atomic mass is 32.1. The molecule has 120 valence electrons. The van der Waals surface area contributed by atoms with Crippen molar-refractivity contribution in [3.8, 4) is 0 Å². The molecule has 0 radical (unpaired) electrons. The normalized spacial score (nSPS) is 16.0. The molecule has 0 aliphatic heterocycles. The minimum Gasteiger partial charge on any atom is -0.449 e. The molecular weight excluding hydrogens is 330 g/mol. The SMILES string of the molecule is C[C@H](OC(=O)/C(=C/c1cccs1)c1cccs1)C(=O)NC1CC1. The van der Waals surface area contributed by atoms with Crippen molar-refractivity contribution in [3.63, 3.8) is 0 Å². The minimum absolute atomic E-state index is 0.234. The van der Waals surface area contributed by atoms with Crippen LogP contribution in [0, 0.1) is 0 Å². The van der Waals surface area contributed by atoms with Gasteiger partial charge in [0.2, 0.25) is 0 Å². The van der Waals surface area contributed by atoms with Crippen LogP contribution in [0.25, 0.3) is 11.6 Å². The molecule has 0 saturated heterocycles. The van der Waals surface area contributed by atoms with Gasteiger partial charge >= 0.3 is 5.97 Å². The lowest BCUT2D eigenvalue weighted by molar-refractivity contribution is -0.149. The Kier molecular flexibility index (Phi) is 4.93. The first-order chi connectivity index (χ1) is 11.1. The molecule has 23 heavy (non-hydrogen) atoms. The summed E-state index contributed by atoms with van der Waals surface area (Å²) in [6.07, 6.45) is 3.02. The van der Waals surface area contributed by atoms with E-state index in [0.717, 1.165) is 22.6 Å². The lowest BCUT2D eigenvalue weighted by Crippen LogP contribution is -2.37. The van der Waals surface area contributed by atoms with Gasteiger partial charge in [-0.3, -0.25) is 4.79 Å². The number of thiophene rings is 2. The Balaban J connectivity index is 1.74. The van der Waals surface area contributed by atoms with E-state index in [2.05, 4.69) is 5.32 Å². The van der Waals surface area contributed by atoms with Crippen molar-refractivity contribution in [1.29, 1.82) is 0 Å². The third kappa shape index (κ3) is 4.30. The van der Waals surface area contributed by atoms with Gasteiger partial charge in [0.05, 0.1) is 5.57 Å². The van der Waals surface area contributed by atoms with Crippen molar-refractivity contribution in [2.45, 2.75) is 31.9 Å². The van der Waals surface area contributed by atoms with Crippen LogP contribution in [-0.2, 0) is 14.3 Å². The van der Waals surface area contributed by atoms with Crippen LogP contribution in [-0.4, -0.2) is 24.0 Å². The van der Waals surface area contributed by atoms with Crippen molar-refractivity contribution in [1.82, 2.24) is 5.32 Å². The van der Waals surface area contributed by atoms with Gasteiger partial charge in [-0.15, -0.1) is 22.7 Å². The van der Waals surface area contributed by atoms with E-state index in [-0.39, 0.29) is 11.9 Å². The summed E-state index contributed by atoms with van der Waals surface area (Å²) in [7, 11) is 0. The van der Waals surface area contributed by atoms with E-state index in [1.165, 1.54) is 11.3 Å². The van der Waals surface area contributed by atoms with Crippen LogP contribution in [0.5, 0.6) is 0 Å². The molecule has 2 aromatic rings. The topological polar surface area (TPSA) is 55.4 Å². The van der Waals surface area contributed by atoms with Crippen molar-refractivity contribution in [2.24, 2.45) is 0 Å². The number of ether oxygens (including phenoxy) is 1. The Morgan fingerprint density at radius 1 is 1.26 bits per heavy atom. The van der Waals surface area contributed by atoms with Gasteiger partial charge in [0.25, 0.3) is 5.91 Å². The second kappa shape index (κ2) is 7.10. The highest BCUT2D eigenvalue weighted by molar-refractivity contribution is 7.12. The molecule has 2 aromatic heterocycles. The van der Waals surface area contributed by atoms with Crippen molar-refractivity contribution < 1.29 is 14.3 Å². The third-order valence-corrected chi connectivity index (χ3v) is 5.14. The maximum atomic E-state index is 12.5. The summed E-state index contributed by atoms with van der Waals surface area (Å²) < 4.78 is 5.37. The van der Waals surface area contributed by atoms with E-state index in [9.17, 15) is 9.59 Å². The van der Waals surface area contributed by atoms with E-state index in [1.807, 2.05) is 41.1 Å². The first-order valence-electron chi connectivity index (χ1n) is 7.44. The molecule has 0 spiro atoms. The average molecular weight is 347 g/mol. The molecule has 1 aliphatic carbocycles. The molecule has 1 saturated carbocycles. The average Bonchev–Trinajstić information content (AvgIpc) is 3.01. The number of amides is 1. The van der Waals surface area contributed by atoms with Gasteiger partial charge in [0.15, 0.2) is 6.10 Å². The van der Waals surface area contributed by atoms with Gasteiger partial charge < -0.3 is 10.1 Å². The third-order valence-electron chi connectivity index (χ3n) is 3.41. The Bertz CT molecular complexity index is 700. The van der Waals surface area contributed by atoms with Gasteiger partial charge in [-0.1, -0.05) is 12.1 Å². The number of hydrogen-bond donors (Lipinski definition) is 1. The number of carbonyl (C=O) groups is 2. The van der Waals surface area contributed by atoms with Crippen molar-refractivity contribution in [2.75, 3.05) is 0 Å². The smallest absolute Gasteiger partial charge is 0.340 e. The van der Waals surface area contributed by atoms with Crippen molar-refractivity contribution in [3.05, 3.63) is 44.8 Å². The molecule has 2 heterocycles. The van der Waals surface area contributed by atoms with Crippen LogP contribution in [0.1, 0.15) is 29.5 Å². The Morgan fingerprint density at radius 2 is 2.00 bits per heavy atom. The summed E-state index contributed by atoms with van der Waals surface area (Å²) in [4.78, 5) is 26.3. The number of esters is 1. The molecule has 1 N–H and O–H groups in total. The van der Waals surface area contributed by atoms with Gasteiger partial charge in [-0.25, -0.2) is 4.79 Å². The predicted molar refractivity (Wildman–Crippen MR) is 93.2 cm³/mol. The summed E-state index contributed by atoms with van der Waals surface area (Å²) in [5.41, 5.74) is 0.480. The largest absolute Gasteiger partial charge is 0.449 e. The zero-order chi connectivity index (χ0) is 16.2. The van der Waals surface area contributed by atoms with Gasteiger partial charge in [-0.05, 0) is 48.7 Å². The lowest BCUT2D eigenvalue weighted by atomic mass is 10.2. The monoisotopic (exact) mass is 347 g/mol. The number of rotatable bonds is 6. The Morgan fingerprint density at radius 3 is 2.61 bits per heavy atom. The molecular formula is C17H17NO3S2. The lowest BCUT2D eigenvalue weighted by Gasteiger charge is -2.14. The molecule has 0 bridgehead atoms. The molecule has 1 aliphatic rings. The molecule has 3 rings (SSSR count). The van der Waals surface area contributed by atoms with Crippen LogP contribution >= 0.6 is 22.7 Å². The van der Waals surface area contributed by atoms with E-state index >= 15 is 0 Å². The molecule has 0 aromatic carbocycles. The summed E-state index contributed by atoms with van der Waals surface area (Å²) in [6, 6.07) is 7.88. The number of hydrogen-bond acceptors (Lipinski definition) is 5. The van der Waals surface area contributed by atoms with Gasteiger partial charge in [0, 0.05) is 15.8 Å². The fourth-order valence-corrected chi connectivity index (χ4v) is 3.39. The van der Waals surface area contributed by atoms with E-state index in [4.69, 9.17) is 4.74 Å². The number of carbonyl (C=O) groups excluding carboxylic acids is 2. The summed E-state index contributed by atoms with van der Waals surface area (Å²) in [5.74, 6) is -0.707. The molecule has 6 heteroatoms. The second-order valence-electron chi connectivity index (χ2n) is 5.38. The fourth-order valence-electron chi connectivity index (χ4n) is 2.00. The highest BCUT2D eigenvalue weighted by Crippen LogP contribution is 2.26. The van der Waals surface area contributed by atoms with Crippen LogP contribution < -0.4 is 5.32 Å². The van der Waals surface area contributed by atoms with Crippen molar-refractivity contribution >= 4 is 46.2 Å². The predicted octanol–water partition coefficient (Wildman–Crippen LogP) is 3.56. The zero-order valence-corrected chi connectivity index (χ0v) is 14.3. The first-order valence-corrected chi connectivity index (χ1v) is 9.20. The Labute approximate surface area is 142 Å². The molecule has 1 amide bonds. The van der Waals surface area contributed by atoms with Gasteiger partial charge in [0.1, 0.15) is 0 Å². The molecule has 1 atom stereocenters. The van der Waals surface area contributed by atoms with Crippen LogP contribution in [0.3, 0.4) is 0 Å². The molecule has 0 unspecified atom stereocenters. The standard InChI is InChI=1S/C17H17NO3S2/c1-11(16(19)18-12-6-7-12)21-17(20)14(15-5-3-9-23-15)10-13-4-2-8-22-13/h2-5,8-12H,6-7H2,1H3,(H,18,19)/b14-10+/t11-/m0/s1. The summed E-state index contributed by atoms with van der Waals surface area (Å²) in [5, 5.41) is 6.71. The minimum atomic E-state index is -0.796. The molecule has 4 nitrogen and oxygen atoms in total. The van der Waals surface area contributed by atoms with E-state index in [0.29, 0.717) is 5.57 Å². The fraction of sp³-hybridized carbons (Fsp3) is 0.294. The Hall–Kier alpha value is -1.92. The van der Waals surface area contributed by atoms with Crippen LogP contribution in [0.15, 0.2) is 35.0 Å². The number of nitrogens with one attached hydrogen (secondary N) is 1. The van der Waals surface area contributed by atoms with E-state index < -0.39 is 12.1 Å². The first kappa shape index (κ1) is 16.0. The maximum Gasteiger partial charge on any atom is 0.340 e. The summed E-state index contributed by atoms with van der Waals surface area (Å²) >= 11 is 3.02. The van der Waals surface area contributed by atoms with Crippen LogP contribution in [0.2, 0.25) is 0 Å². The maximum absolute atomic E-state index is 12.5. The second-order valence-corrected chi connectivity index (χ2v) is 7.31. The zero-order valence-electron chi connectivity index (χ0n) is 12.7. The summed E-state index contributed by atoms with van der Waals surface area (Å²) in [6.45, 7) is 1.60.